The van der Waals surface area contributed by atoms with E-state index in [1.165, 1.54) is 12.0 Å². The highest BCUT2D eigenvalue weighted by Crippen LogP contribution is 2.32. The molecule has 1 heterocycles. The predicted octanol–water partition coefficient (Wildman–Crippen LogP) is 3.06. The van der Waals surface area contributed by atoms with E-state index >= 15 is 0 Å². The van der Waals surface area contributed by atoms with Crippen LogP contribution in [0.2, 0.25) is 0 Å². The normalized spacial score (nSPS) is 17.3. The van der Waals surface area contributed by atoms with Gasteiger partial charge in [0.25, 0.3) is 5.91 Å². The van der Waals surface area contributed by atoms with Crippen LogP contribution in [0.5, 0.6) is 5.75 Å². The molecule has 124 valence electrons. The summed E-state index contributed by atoms with van der Waals surface area (Å²) < 4.78 is 5.27. The zero-order chi connectivity index (χ0) is 17.3. The zero-order valence-corrected chi connectivity index (χ0v) is 14.0. The summed E-state index contributed by atoms with van der Waals surface area (Å²) >= 11 is 0. The van der Waals surface area contributed by atoms with E-state index in [4.69, 9.17) is 4.74 Å². The minimum absolute atomic E-state index is 0.129. The van der Waals surface area contributed by atoms with Crippen LogP contribution in [0.1, 0.15) is 17.5 Å². The molecule has 2 aromatic rings. The van der Waals surface area contributed by atoms with Crippen LogP contribution in [0.4, 0.5) is 11.4 Å². The van der Waals surface area contributed by atoms with E-state index in [1.54, 1.807) is 24.3 Å². The number of methoxy groups -OCH3 is 1. The Morgan fingerprint density at radius 1 is 1.08 bits per heavy atom. The van der Waals surface area contributed by atoms with Gasteiger partial charge < -0.3 is 10.1 Å². The van der Waals surface area contributed by atoms with E-state index in [0.717, 1.165) is 16.8 Å². The Morgan fingerprint density at radius 3 is 2.42 bits per heavy atom. The SMILES string of the molecule is COc1ccccc1N1C(=O)C[C@@H](Nc2cc(C)cc(C)c2)C1=O. The summed E-state index contributed by atoms with van der Waals surface area (Å²) in [6, 6.07) is 12.5. The lowest BCUT2D eigenvalue weighted by Crippen LogP contribution is -2.35. The maximum atomic E-state index is 12.7. The Bertz CT molecular complexity index is 781. The third kappa shape index (κ3) is 2.97. The Labute approximate surface area is 141 Å². The lowest BCUT2D eigenvalue weighted by molar-refractivity contribution is -0.121. The average molecular weight is 324 g/mol. The molecule has 1 fully saturated rings. The van der Waals surface area contributed by atoms with Gasteiger partial charge in [-0.15, -0.1) is 0 Å². The Kier molecular flexibility index (Phi) is 4.25. The van der Waals surface area contributed by atoms with Crippen molar-refractivity contribution in [3.8, 4) is 5.75 Å². The molecular weight excluding hydrogens is 304 g/mol. The molecule has 5 heteroatoms. The van der Waals surface area contributed by atoms with Gasteiger partial charge >= 0.3 is 0 Å². The summed E-state index contributed by atoms with van der Waals surface area (Å²) in [4.78, 5) is 26.4. The molecule has 0 bridgehead atoms. The van der Waals surface area contributed by atoms with Gasteiger partial charge in [0.05, 0.1) is 19.2 Å². The van der Waals surface area contributed by atoms with Crippen LogP contribution in [-0.2, 0) is 9.59 Å². The number of hydrogen-bond acceptors (Lipinski definition) is 4. The number of aryl methyl sites for hydroxylation is 2. The number of carbonyl (C=O) groups is 2. The van der Waals surface area contributed by atoms with Gasteiger partial charge in [0, 0.05) is 5.69 Å². The van der Waals surface area contributed by atoms with Crippen LogP contribution in [0.15, 0.2) is 42.5 Å². The Morgan fingerprint density at radius 2 is 1.75 bits per heavy atom. The topological polar surface area (TPSA) is 58.6 Å². The molecule has 24 heavy (non-hydrogen) atoms. The van der Waals surface area contributed by atoms with Gasteiger partial charge in [0.15, 0.2) is 0 Å². The third-order valence-electron chi connectivity index (χ3n) is 4.04. The van der Waals surface area contributed by atoms with E-state index in [1.807, 2.05) is 26.0 Å². The number of hydrogen-bond donors (Lipinski definition) is 1. The Hall–Kier alpha value is -2.82. The van der Waals surface area contributed by atoms with Gasteiger partial charge in [-0.1, -0.05) is 18.2 Å². The highest BCUT2D eigenvalue weighted by Gasteiger charge is 2.40. The van der Waals surface area contributed by atoms with Crippen molar-refractivity contribution in [3.05, 3.63) is 53.6 Å². The standard InChI is InChI=1S/C19H20N2O3/c1-12-8-13(2)10-14(9-12)20-15-11-18(22)21(19(15)23)16-6-4-5-7-17(16)24-3/h4-10,15,20H,11H2,1-3H3/t15-/m1/s1. The van der Waals surface area contributed by atoms with Crippen molar-refractivity contribution < 1.29 is 14.3 Å². The molecule has 1 aliphatic heterocycles. The van der Waals surface area contributed by atoms with Crippen LogP contribution in [0, 0.1) is 13.8 Å². The molecule has 1 aliphatic rings. The van der Waals surface area contributed by atoms with E-state index < -0.39 is 6.04 Å². The van der Waals surface area contributed by atoms with E-state index in [0.29, 0.717) is 11.4 Å². The number of benzene rings is 2. The van der Waals surface area contributed by atoms with Gasteiger partial charge in [-0.25, -0.2) is 4.90 Å². The van der Waals surface area contributed by atoms with Gasteiger partial charge in [0.1, 0.15) is 11.8 Å². The molecule has 0 radical (unpaired) electrons. The van der Waals surface area contributed by atoms with Crippen molar-refractivity contribution in [2.75, 3.05) is 17.3 Å². The molecule has 0 aliphatic carbocycles. The van der Waals surface area contributed by atoms with Crippen molar-refractivity contribution in [3.63, 3.8) is 0 Å². The lowest BCUT2D eigenvalue weighted by Gasteiger charge is -2.18. The van der Waals surface area contributed by atoms with Crippen LogP contribution >= 0.6 is 0 Å². The van der Waals surface area contributed by atoms with E-state index in [9.17, 15) is 9.59 Å². The second-order valence-corrected chi connectivity index (χ2v) is 6.02. The number of anilines is 2. The molecule has 0 spiro atoms. The number of ether oxygens (including phenoxy) is 1. The van der Waals surface area contributed by atoms with Gasteiger partial charge in [-0.3, -0.25) is 9.59 Å². The van der Waals surface area contributed by atoms with Crippen LogP contribution in [0.3, 0.4) is 0 Å². The summed E-state index contributed by atoms with van der Waals surface area (Å²) in [5, 5.41) is 3.19. The highest BCUT2D eigenvalue weighted by molar-refractivity contribution is 6.23. The molecule has 2 aromatic carbocycles. The maximum absolute atomic E-state index is 12.7. The summed E-state index contributed by atoms with van der Waals surface area (Å²) in [5.41, 5.74) is 3.55. The van der Waals surface area contributed by atoms with E-state index in [2.05, 4.69) is 11.4 Å². The highest BCUT2D eigenvalue weighted by atomic mass is 16.5. The molecule has 2 amide bonds. The van der Waals surface area contributed by atoms with Crippen LogP contribution in [-0.4, -0.2) is 25.0 Å². The summed E-state index contributed by atoms with van der Waals surface area (Å²) in [5.74, 6) is 0.0151. The van der Waals surface area contributed by atoms with Gasteiger partial charge in [-0.05, 0) is 49.2 Å². The third-order valence-corrected chi connectivity index (χ3v) is 4.04. The minimum Gasteiger partial charge on any atom is -0.495 e. The zero-order valence-electron chi connectivity index (χ0n) is 14.0. The number of imide groups is 1. The smallest absolute Gasteiger partial charge is 0.256 e. The number of amides is 2. The number of para-hydroxylation sites is 2. The quantitative estimate of drug-likeness (QED) is 0.878. The van der Waals surface area contributed by atoms with Crippen molar-refractivity contribution in [2.45, 2.75) is 26.3 Å². The van der Waals surface area contributed by atoms with Gasteiger partial charge in [0.2, 0.25) is 5.91 Å². The largest absolute Gasteiger partial charge is 0.495 e. The summed E-state index contributed by atoms with van der Waals surface area (Å²) in [6.45, 7) is 4.00. The predicted molar refractivity (Wildman–Crippen MR) is 93.4 cm³/mol. The summed E-state index contributed by atoms with van der Waals surface area (Å²) in [7, 11) is 1.52. The molecule has 3 rings (SSSR count). The lowest BCUT2D eigenvalue weighted by atomic mass is 10.1. The monoisotopic (exact) mass is 324 g/mol. The van der Waals surface area contributed by atoms with E-state index in [-0.39, 0.29) is 18.2 Å². The fourth-order valence-corrected chi connectivity index (χ4v) is 3.07. The van der Waals surface area contributed by atoms with Crippen molar-refractivity contribution in [2.24, 2.45) is 0 Å². The van der Waals surface area contributed by atoms with Crippen LogP contribution in [0.25, 0.3) is 0 Å². The molecule has 1 saturated heterocycles. The first kappa shape index (κ1) is 16.1. The second kappa shape index (κ2) is 6.35. The number of nitrogens with zero attached hydrogens (tertiary/aromatic N) is 1. The molecule has 0 saturated carbocycles. The number of rotatable bonds is 4. The fourth-order valence-electron chi connectivity index (χ4n) is 3.07. The second-order valence-electron chi connectivity index (χ2n) is 6.02. The van der Waals surface area contributed by atoms with Crippen molar-refractivity contribution in [1.82, 2.24) is 0 Å². The first-order chi connectivity index (χ1) is 11.5. The molecule has 0 aromatic heterocycles. The first-order valence-corrected chi connectivity index (χ1v) is 7.84. The molecule has 1 atom stereocenters. The fraction of sp³-hybridized carbons (Fsp3) is 0.263. The number of nitrogens with one attached hydrogen (secondary N) is 1. The van der Waals surface area contributed by atoms with Crippen LogP contribution < -0.4 is 15.0 Å². The number of carbonyl (C=O) groups excluding carboxylic acids is 2. The molecular formula is C19H20N2O3. The average Bonchev–Trinajstić information content (AvgIpc) is 2.80. The summed E-state index contributed by atoms with van der Waals surface area (Å²) in [6.07, 6.45) is 0.129. The molecule has 1 N–H and O–H groups in total. The Balaban J connectivity index is 1.86. The van der Waals surface area contributed by atoms with Gasteiger partial charge in [-0.2, -0.15) is 0 Å². The van der Waals surface area contributed by atoms with Crippen molar-refractivity contribution >= 4 is 23.2 Å². The molecule has 0 unspecified atom stereocenters. The maximum Gasteiger partial charge on any atom is 0.256 e. The first-order valence-electron chi connectivity index (χ1n) is 7.84. The minimum atomic E-state index is -0.566. The van der Waals surface area contributed by atoms with Crippen molar-refractivity contribution in [1.29, 1.82) is 0 Å². The molecule has 5 nitrogen and oxygen atoms in total.